The van der Waals surface area contributed by atoms with Crippen LogP contribution in [0, 0.1) is 5.82 Å². The Balaban J connectivity index is 2.12. The number of likely N-dealkylation sites (N-methyl/N-ethyl adjacent to an activating group) is 1. The van der Waals surface area contributed by atoms with Crippen LogP contribution < -0.4 is 4.74 Å². The quantitative estimate of drug-likeness (QED) is 0.397. The van der Waals surface area contributed by atoms with Gasteiger partial charge in [-0.05, 0) is 56.9 Å². The summed E-state index contributed by atoms with van der Waals surface area (Å²) in [6.45, 7) is 3.02. The SMILES string of the molecule is CCOc1ccc(/C(O)=C2\C(=O)C(=O)N(CCN(C)C)[C@H]2c2ccc(F)cc2)cc1Cl. The summed E-state index contributed by atoms with van der Waals surface area (Å²) in [4.78, 5) is 29.0. The second-order valence-corrected chi connectivity index (χ2v) is 7.83. The molecule has 0 saturated carbocycles. The molecule has 8 heteroatoms. The van der Waals surface area contributed by atoms with E-state index >= 15 is 0 Å². The predicted octanol–water partition coefficient (Wildman–Crippen LogP) is 3.86. The fourth-order valence-electron chi connectivity index (χ4n) is 3.49. The molecule has 1 heterocycles. The summed E-state index contributed by atoms with van der Waals surface area (Å²) in [6.07, 6.45) is 0. The summed E-state index contributed by atoms with van der Waals surface area (Å²) in [5.41, 5.74) is 0.750. The van der Waals surface area contributed by atoms with Crippen LogP contribution >= 0.6 is 11.6 Å². The zero-order valence-corrected chi connectivity index (χ0v) is 18.3. The van der Waals surface area contributed by atoms with Gasteiger partial charge >= 0.3 is 0 Å². The molecule has 1 aliphatic rings. The average Bonchev–Trinajstić information content (AvgIpc) is 2.98. The van der Waals surface area contributed by atoms with E-state index in [0.29, 0.717) is 24.5 Å². The number of amides is 1. The van der Waals surface area contributed by atoms with E-state index in [1.54, 1.807) is 12.1 Å². The number of carbonyl (C=O) groups is 2. The molecule has 31 heavy (non-hydrogen) atoms. The van der Waals surface area contributed by atoms with Crippen LogP contribution in [0.1, 0.15) is 24.1 Å². The lowest BCUT2D eigenvalue weighted by molar-refractivity contribution is -0.140. The summed E-state index contributed by atoms with van der Waals surface area (Å²) in [6, 6.07) is 9.34. The Morgan fingerprint density at radius 1 is 1.19 bits per heavy atom. The molecule has 0 unspecified atom stereocenters. The van der Waals surface area contributed by atoms with Crippen LogP contribution in [0.2, 0.25) is 5.02 Å². The molecule has 0 radical (unpaired) electrons. The maximum atomic E-state index is 13.5. The van der Waals surface area contributed by atoms with E-state index in [-0.39, 0.29) is 28.5 Å². The van der Waals surface area contributed by atoms with Crippen molar-refractivity contribution in [3.63, 3.8) is 0 Å². The van der Waals surface area contributed by atoms with Crippen LogP contribution in [0.15, 0.2) is 48.0 Å². The molecule has 0 bridgehead atoms. The minimum atomic E-state index is -0.842. The smallest absolute Gasteiger partial charge is 0.295 e. The Morgan fingerprint density at radius 3 is 2.45 bits per heavy atom. The topological polar surface area (TPSA) is 70.1 Å². The maximum absolute atomic E-state index is 13.5. The normalized spacial score (nSPS) is 18.1. The van der Waals surface area contributed by atoms with Gasteiger partial charge in [0.1, 0.15) is 17.3 Å². The van der Waals surface area contributed by atoms with Gasteiger partial charge < -0.3 is 19.6 Å². The highest BCUT2D eigenvalue weighted by Gasteiger charge is 2.45. The molecule has 164 valence electrons. The summed E-state index contributed by atoms with van der Waals surface area (Å²) in [5.74, 6) is -1.84. The Hall–Kier alpha value is -2.90. The molecule has 1 saturated heterocycles. The molecule has 1 amide bonds. The number of aliphatic hydroxyl groups is 1. The first-order valence-electron chi connectivity index (χ1n) is 9.86. The highest BCUT2D eigenvalue weighted by molar-refractivity contribution is 6.46. The van der Waals surface area contributed by atoms with E-state index in [4.69, 9.17) is 16.3 Å². The number of likely N-dealkylation sites (tertiary alicyclic amines) is 1. The molecule has 2 aromatic rings. The van der Waals surface area contributed by atoms with Crippen molar-refractivity contribution in [2.45, 2.75) is 13.0 Å². The van der Waals surface area contributed by atoms with Gasteiger partial charge in [-0.15, -0.1) is 0 Å². The summed E-state index contributed by atoms with van der Waals surface area (Å²) < 4.78 is 18.9. The van der Waals surface area contributed by atoms with Gasteiger partial charge in [-0.25, -0.2) is 4.39 Å². The zero-order chi connectivity index (χ0) is 22.7. The van der Waals surface area contributed by atoms with Gasteiger partial charge in [0.25, 0.3) is 11.7 Å². The Morgan fingerprint density at radius 2 is 1.87 bits per heavy atom. The number of halogens is 2. The number of aliphatic hydroxyl groups excluding tert-OH is 1. The van der Waals surface area contributed by atoms with Crippen molar-refractivity contribution < 1.29 is 23.8 Å². The summed E-state index contributed by atoms with van der Waals surface area (Å²) >= 11 is 6.24. The molecule has 0 aliphatic carbocycles. The minimum Gasteiger partial charge on any atom is -0.507 e. The lowest BCUT2D eigenvalue weighted by Crippen LogP contribution is -2.35. The van der Waals surface area contributed by atoms with E-state index in [0.717, 1.165) is 0 Å². The van der Waals surface area contributed by atoms with E-state index in [2.05, 4.69) is 0 Å². The highest BCUT2D eigenvalue weighted by atomic mass is 35.5. The Bertz CT molecular complexity index is 1020. The maximum Gasteiger partial charge on any atom is 0.295 e. The first-order valence-corrected chi connectivity index (χ1v) is 10.2. The third kappa shape index (κ3) is 4.73. The van der Waals surface area contributed by atoms with E-state index in [1.165, 1.54) is 35.2 Å². The van der Waals surface area contributed by atoms with Crippen molar-refractivity contribution in [2.24, 2.45) is 0 Å². The van der Waals surface area contributed by atoms with Gasteiger partial charge in [-0.1, -0.05) is 23.7 Å². The fraction of sp³-hybridized carbons (Fsp3) is 0.304. The van der Waals surface area contributed by atoms with Gasteiger partial charge in [0.2, 0.25) is 0 Å². The van der Waals surface area contributed by atoms with Crippen molar-refractivity contribution in [3.05, 3.63) is 70.0 Å². The van der Waals surface area contributed by atoms with Crippen molar-refractivity contribution >= 4 is 29.1 Å². The number of ether oxygens (including phenoxy) is 1. The Kier molecular flexibility index (Phi) is 6.97. The molecule has 0 aromatic heterocycles. The molecule has 3 rings (SSSR count). The molecule has 1 N–H and O–H groups in total. The first-order chi connectivity index (χ1) is 14.7. The van der Waals surface area contributed by atoms with E-state index in [9.17, 15) is 19.1 Å². The van der Waals surface area contributed by atoms with Crippen LogP contribution in [0.4, 0.5) is 4.39 Å². The number of rotatable bonds is 7. The van der Waals surface area contributed by atoms with E-state index in [1.807, 2.05) is 25.9 Å². The van der Waals surface area contributed by atoms with E-state index < -0.39 is 23.5 Å². The molecule has 1 aliphatic heterocycles. The van der Waals surface area contributed by atoms with Crippen LogP contribution in [0.25, 0.3) is 5.76 Å². The van der Waals surface area contributed by atoms with Gasteiger partial charge in [-0.3, -0.25) is 9.59 Å². The number of hydrogen-bond donors (Lipinski definition) is 1. The lowest BCUT2D eigenvalue weighted by Gasteiger charge is -2.26. The van der Waals surface area contributed by atoms with Crippen molar-refractivity contribution in [1.82, 2.24) is 9.80 Å². The third-order valence-electron chi connectivity index (χ3n) is 5.02. The molecular formula is C23H24ClFN2O4. The zero-order valence-electron chi connectivity index (χ0n) is 17.6. The molecule has 6 nitrogen and oxygen atoms in total. The second kappa shape index (κ2) is 9.49. The van der Waals surface area contributed by atoms with Crippen molar-refractivity contribution in [3.8, 4) is 5.75 Å². The molecule has 1 fully saturated rings. The van der Waals surface area contributed by atoms with Crippen molar-refractivity contribution in [1.29, 1.82) is 0 Å². The second-order valence-electron chi connectivity index (χ2n) is 7.43. The standard InChI is InChI=1S/C23H24ClFN2O4/c1-4-31-18-10-7-15(13-17(18)24)21(28)19-20(14-5-8-16(25)9-6-14)27(12-11-26(2)3)23(30)22(19)29/h5-10,13,20,28H,4,11-12H2,1-3H3/b21-19+/t20-/m0/s1. The van der Waals surface area contributed by atoms with Crippen LogP contribution in [0.3, 0.4) is 0 Å². The summed E-state index contributed by atoms with van der Waals surface area (Å²) in [7, 11) is 3.71. The molecular weight excluding hydrogens is 423 g/mol. The lowest BCUT2D eigenvalue weighted by atomic mass is 9.95. The number of benzene rings is 2. The highest BCUT2D eigenvalue weighted by Crippen LogP contribution is 2.40. The minimum absolute atomic E-state index is 0.0596. The van der Waals surface area contributed by atoms with Gasteiger partial charge in [0, 0.05) is 18.7 Å². The van der Waals surface area contributed by atoms with Crippen LogP contribution in [-0.2, 0) is 9.59 Å². The molecule has 2 aromatic carbocycles. The summed E-state index contributed by atoms with van der Waals surface area (Å²) in [5, 5.41) is 11.3. The van der Waals surface area contributed by atoms with Crippen LogP contribution in [-0.4, -0.2) is 60.4 Å². The van der Waals surface area contributed by atoms with Crippen LogP contribution in [0.5, 0.6) is 5.75 Å². The third-order valence-corrected chi connectivity index (χ3v) is 5.31. The number of carbonyl (C=O) groups excluding carboxylic acids is 2. The number of nitrogens with zero attached hydrogens (tertiary/aromatic N) is 2. The number of ketones is 1. The molecule has 1 atom stereocenters. The fourth-order valence-corrected chi connectivity index (χ4v) is 3.72. The predicted molar refractivity (Wildman–Crippen MR) is 117 cm³/mol. The monoisotopic (exact) mass is 446 g/mol. The Labute approximate surface area is 185 Å². The van der Waals surface area contributed by atoms with Crippen molar-refractivity contribution in [2.75, 3.05) is 33.8 Å². The number of Topliss-reactive ketones (excluding diaryl/α,β-unsaturated/α-hetero) is 1. The van der Waals surface area contributed by atoms with Gasteiger partial charge in [0.15, 0.2) is 0 Å². The average molecular weight is 447 g/mol. The largest absolute Gasteiger partial charge is 0.507 e. The number of hydrogen-bond acceptors (Lipinski definition) is 5. The first kappa shape index (κ1) is 22.8. The molecule has 0 spiro atoms. The van der Waals surface area contributed by atoms with Gasteiger partial charge in [0.05, 0.1) is 23.2 Å². The van der Waals surface area contributed by atoms with Gasteiger partial charge in [-0.2, -0.15) is 0 Å².